The highest BCUT2D eigenvalue weighted by atomic mass is 16.1. The zero-order valence-electron chi connectivity index (χ0n) is 12.0. The van der Waals surface area contributed by atoms with Gasteiger partial charge in [-0.2, -0.15) is 5.10 Å². The first-order chi connectivity index (χ1) is 9.60. The first kappa shape index (κ1) is 14.0. The highest BCUT2D eigenvalue weighted by Crippen LogP contribution is 2.14. The largest absolute Gasteiger partial charge is 0.388 e. The number of benzene rings is 1. The van der Waals surface area contributed by atoms with Crippen LogP contribution in [0, 0.1) is 6.92 Å². The Morgan fingerprint density at radius 3 is 2.80 bits per heavy atom. The van der Waals surface area contributed by atoms with Gasteiger partial charge in [0.1, 0.15) is 6.33 Å². The van der Waals surface area contributed by atoms with Crippen LogP contribution in [0.5, 0.6) is 0 Å². The van der Waals surface area contributed by atoms with Gasteiger partial charge in [0.2, 0.25) is 0 Å². The van der Waals surface area contributed by atoms with E-state index >= 15 is 0 Å². The summed E-state index contributed by atoms with van der Waals surface area (Å²) >= 11 is 0. The van der Waals surface area contributed by atoms with Gasteiger partial charge in [-0.25, -0.2) is 4.98 Å². The minimum absolute atomic E-state index is 0.0684. The van der Waals surface area contributed by atoms with E-state index in [1.54, 1.807) is 11.0 Å². The third-order valence-electron chi connectivity index (χ3n) is 3.04. The van der Waals surface area contributed by atoms with Crippen LogP contribution in [-0.2, 0) is 13.5 Å². The Kier molecular flexibility index (Phi) is 4.34. The summed E-state index contributed by atoms with van der Waals surface area (Å²) in [6, 6.07) is 5.67. The first-order valence-electron chi connectivity index (χ1n) is 6.51. The van der Waals surface area contributed by atoms with E-state index in [0.717, 1.165) is 17.1 Å². The van der Waals surface area contributed by atoms with Crippen molar-refractivity contribution in [3.63, 3.8) is 0 Å². The van der Waals surface area contributed by atoms with Crippen LogP contribution in [-0.4, -0.2) is 34.3 Å². The first-order valence-corrected chi connectivity index (χ1v) is 6.51. The van der Waals surface area contributed by atoms with E-state index in [1.807, 2.05) is 39.2 Å². The van der Waals surface area contributed by atoms with Crippen LogP contribution in [0.3, 0.4) is 0 Å². The van der Waals surface area contributed by atoms with E-state index in [-0.39, 0.29) is 5.91 Å². The van der Waals surface area contributed by atoms with Crippen molar-refractivity contribution < 1.29 is 4.79 Å². The van der Waals surface area contributed by atoms with E-state index in [9.17, 15) is 4.79 Å². The normalized spacial score (nSPS) is 10.3. The van der Waals surface area contributed by atoms with Gasteiger partial charge in [0.15, 0.2) is 5.82 Å². The molecule has 0 aliphatic carbocycles. The predicted octanol–water partition coefficient (Wildman–Crippen LogP) is 1.14. The van der Waals surface area contributed by atoms with E-state index < -0.39 is 0 Å². The van der Waals surface area contributed by atoms with Crippen LogP contribution in [0.1, 0.15) is 21.7 Å². The number of rotatable bonds is 5. The minimum atomic E-state index is -0.0684. The van der Waals surface area contributed by atoms with Gasteiger partial charge in [-0.1, -0.05) is 0 Å². The number of carbonyl (C=O) groups excluding carboxylic acids is 1. The van der Waals surface area contributed by atoms with E-state index in [0.29, 0.717) is 18.5 Å². The molecule has 20 heavy (non-hydrogen) atoms. The van der Waals surface area contributed by atoms with Crippen molar-refractivity contribution in [2.75, 3.05) is 18.9 Å². The van der Waals surface area contributed by atoms with Crippen LogP contribution < -0.4 is 10.6 Å². The Morgan fingerprint density at radius 2 is 2.20 bits per heavy atom. The molecular weight excluding hydrogens is 254 g/mol. The summed E-state index contributed by atoms with van der Waals surface area (Å²) in [7, 11) is 3.68. The molecule has 0 unspecified atom stereocenters. The fraction of sp³-hybridized carbons (Fsp3) is 0.357. The maximum Gasteiger partial charge on any atom is 0.251 e. The second-order valence-corrected chi connectivity index (χ2v) is 4.62. The molecule has 106 valence electrons. The van der Waals surface area contributed by atoms with E-state index in [4.69, 9.17) is 0 Å². The quantitative estimate of drug-likeness (QED) is 0.857. The number of carbonyl (C=O) groups is 1. The van der Waals surface area contributed by atoms with Gasteiger partial charge in [-0.3, -0.25) is 9.48 Å². The second kappa shape index (κ2) is 6.18. The molecule has 0 radical (unpaired) electrons. The van der Waals surface area contributed by atoms with Crippen molar-refractivity contribution in [3.05, 3.63) is 41.5 Å². The topological polar surface area (TPSA) is 71.8 Å². The molecule has 6 heteroatoms. The zero-order chi connectivity index (χ0) is 14.5. The number of aryl methyl sites for hydroxylation is 2. The molecule has 0 bridgehead atoms. The Morgan fingerprint density at radius 1 is 1.40 bits per heavy atom. The average molecular weight is 273 g/mol. The molecule has 6 nitrogen and oxygen atoms in total. The number of hydrogen-bond acceptors (Lipinski definition) is 4. The van der Waals surface area contributed by atoms with Gasteiger partial charge in [0.05, 0.1) is 0 Å². The Labute approximate surface area is 118 Å². The Balaban J connectivity index is 1.91. The number of anilines is 1. The molecule has 0 aliphatic rings. The fourth-order valence-electron chi connectivity index (χ4n) is 1.96. The van der Waals surface area contributed by atoms with Gasteiger partial charge in [-0.15, -0.1) is 0 Å². The molecule has 0 atom stereocenters. The lowest BCUT2D eigenvalue weighted by Crippen LogP contribution is -2.26. The fourth-order valence-corrected chi connectivity index (χ4v) is 1.96. The number of nitrogens with zero attached hydrogens (tertiary/aromatic N) is 3. The van der Waals surface area contributed by atoms with Crippen LogP contribution in [0.4, 0.5) is 5.69 Å². The van der Waals surface area contributed by atoms with Crippen molar-refractivity contribution >= 4 is 11.6 Å². The Hall–Kier alpha value is -2.37. The zero-order valence-corrected chi connectivity index (χ0v) is 12.0. The summed E-state index contributed by atoms with van der Waals surface area (Å²) in [6.45, 7) is 2.45. The molecule has 1 aromatic heterocycles. The molecular formula is C14H19N5O. The SMILES string of the molecule is CNc1ccc(C(=O)NCCc2ncn(C)n2)c(C)c1. The number of aromatic nitrogens is 3. The molecule has 0 aliphatic heterocycles. The highest BCUT2D eigenvalue weighted by Gasteiger charge is 2.09. The molecule has 2 N–H and O–H groups in total. The van der Waals surface area contributed by atoms with Crippen LogP contribution in [0.2, 0.25) is 0 Å². The van der Waals surface area contributed by atoms with Gasteiger partial charge in [-0.05, 0) is 30.7 Å². The monoisotopic (exact) mass is 273 g/mol. The molecule has 0 fully saturated rings. The van der Waals surface area contributed by atoms with Crippen LogP contribution in [0.25, 0.3) is 0 Å². The molecule has 0 saturated heterocycles. The third-order valence-corrected chi connectivity index (χ3v) is 3.04. The van der Waals surface area contributed by atoms with Gasteiger partial charge >= 0.3 is 0 Å². The lowest BCUT2D eigenvalue weighted by molar-refractivity contribution is 0.0953. The second-order valence-electron chi connectivity index (χ2n) is 4.62. The number of amides is 1. The van der Waals surface area contributed by atoms with Crippen LogP contribution in [0.15, 0.2) is 24.5 Å². The minimum Gasteiger partial charge on any atom is -0.388 e. The van der Waals surface area contributed by atoms with Gasteiger partial charge < -0.3 is 10.6 Å². The molecule has 2 aromatic rings. The summed E-state index contributed by atoms with van der Waals surface area (Å²) < 4.78 is 1.65. The summed E-state index contributed by atoms with van der Waals surface area (Å²) in [5.41, 5.74) is 2.64. The summed E-state index contributed by atoms with van der Waals surface area (Å²) in [4.78, 5) is 16.2. The lowest BCUT2D eigenvalue weighted by atomic mass is 10.1. The standard InChI is InChI=1S/C14H19N5O/c1-10-8-11(15-2)4-5-12(10)14(20)16-7-6-13-17-9-19(3)18-13/h4-5,8-9,15H,6-7H2,1-3H3,(H,16,20). The maximum absolute atomic E-state index is 12.1. The summed E-state index contributed by atoms with van der Waals surface area (Å²) in [6.07, 6.45) is 2.28. The van der Waals surface area contributed by atoms with Crippen molar-refractivity contribution in [3.8, 4) is 0 Å². The third kappa shape index (κ3) is 3.34. The van der Waals surface area contributed by atoms with Gasteiger partial charge in [0.25, 0.3) is 5.91 Å². The van der Waals surface area contributed by atoms with Crippen molar-refractivity contribution in [1.82, 2.24) is 20.1 Å². The van der Waals surface area contributed by atoms with Gasteiger partial charge in [0, 0.05) is 38.3 Å². The molecule has 1 aromatic carbocycles. The lowest BCUT2D eigenvalue weighted by Gasteiger charge is -2.08. The van der Waals surface area contributed by atoms with E-state index in [1.165, 1.54) is 0 Å². The molecule has 1 heterocycles. The average Bonchev–Trinajstić information content (AvgIpc) is 2.84. The predicted molar refractivity (Wildman–Crippen MR) is 77.8 cm³/mol. The number of nitrogens with one attached hydrogen (secondary N) is 2. The highest BCUT2D eigenvalue weighted by molar-refractivity contribution is 5.96. The smallest absolute Gasteiger partial charge is 0.251 e. The molecule has 0 spiro atoms. The maximum atomic E-state index is 12.1. The van der Waals surface area contributed by atoms with E-state index in [2.05, 4.69) is 20.7 Å². The molecule has 0 saturated carbocycles. The Bertz CT molecular complexity index is 605. The summed E-state index contributed by atoms with van der Waals surface area (Å²) in [5.74, 6) is 0.663. The summed E-state index contributed by atoms with van der Waals surface area (Å²) in [5, 5.41) is 10.1. The van der Waals surface area contributed by atoms with Crippen molar-refractivity contribution in [2.45, 2.75) is 13.3 Å². The van der Waals surface area contributed by atoms with Crippen molar-refractivity contribution in [2.24, 2.45) is 7.05 Å². The molecule has 1 amide bonds. The molecule has 2 rings (SSSR count). The number of hydrogen-bond donors (Lipinski definition) is 2. The van der Waals surface area contributed by atoms with Crippen LogP contribution >= 0.6 is 0 Å². The van der Waals surface area contributed by atoms with Crippen molar-refractivity contribution in [1.29, 1.82) is 0 Å².